The maximum absolute atomic E-state index is 11.8. The molecule has 2 atom stereocenters. The van der Waals surface area contributed by atoms with Crippen LogP contribution >= 0.6 is 12.6 Å². The summed E-state index contributed by atoms with van der Waals surface area (Å²) in [6, 6.07) is 7.69. The maximum atomic E-state index is 11.8. The number of carboxylic acid groups (broad SMARTS) is 1. The zero-order valence-corrected chi connectivity index (χ0v) is 11.9. The summed E-state index contributed by atoms with van der Waals surface area (Å²) in [4.78, 5) is 12.7. The Balaban J connectivity index is 1.86. The smallest absolute Gasteiger partial charge is 0.314 e. The van der Waals surface area contributed by atoms with E-state index in [9.17, 15) is 9.90 Å². The number of hydrogen-bond acceptors (Lipinski definition) is 2. The average Bonchev–Trinajstić information content (AvgIpc) is 3.17. The summed E-state index contributed by atoms with van der Waals surface area (Å²) in [5, 5.41) is 9.71. The van der Waals surface area contributed by atoms with Crippen LogP contribution < -0.4 is 0 Å². The molecule has 0 amide bonds. The minimum absolute atomic E-state index is 0.344. The van der Waals surface area contributed by atoms with Gasteiger partial charge >= 0.3 is 5.97 Å². The lowest BCUT2D eigenvalue weighted by molar-refractivity contribution is -0.140. The molecule has 0 heterocycles. The highest BCUT2D eigenvalue weighted by Gasteiger charge is 2.63. The fraction of sp³-hybridized carbons (Fsp3) is 0.562. The number of aliphatic carboxylic acids is 1. The molecule has 0 bridgehead atoms. The molecule has 0 radical (unpaired) electrons. The minimum Gasteiger partial charge on any atom is -0.481 e. The van der Waals surface area contributed by atoms with Gasteiger partial charge in [-0.1, -0.05) is 44.2 Å². The van der Waals surface area contributed by atoms with Gasteiger partial charge in [-0.2, -0.15) is 0 Å². The standard InChI is InChI=1S/C16H20O2S/c17-15(18)16(12-6-8-13(19)9-7-12)10-14(16)11-4-2-1-3-5-11/h6-9,11,14,19H,1-5,10H2,(H,17,18)/t14-,16-/m0/s1. The van der Waals surface area contributed by atoms with E-state index in [-0.39, 0.29) is 0 Å². The monoisotopic (exact) mass is 276 g/mol. The van der Waals surface area contributed by atoms with Crippen molar-refractivity contribution < 1.29 is 9.90 Å². The van der Waals surface area contributed by atoms with Crippen molar-refractivity contribution in [3.63, 3.8) is 0 Å². The molecule has 19 heavy (non-hydrogen) atoms. The van der Waals surface area contributed by atoms with E-state index in [4.69, 9.17) is 0 Å². The van der Waals surface area contributed by atoms with Gasteiger partial charge in [0.2, 0.25) is 0 Å². The van der Waals surface area contributed by atoms with Gasteiger partial charge in [0.1, 0.15) is 0 Å². The number of thiol groups is 1. The molecule has 2 fully saturated rings. The van der Waals surface area contributed by atoms with Crippen molar-refractivity contribution in [3.8, 4) is 0 Å². The minimum atomic E-state index is -0.644. The van der Waals surface area contributed by atoms with Crippen molar-refractivity contribution in [2.75, 3.05) is 0 Å². The van der Waals surface area contributed by atoms with Crippen LogP contribution in [0.2, 0.25) is 0 Å². The van der Waals surface area contributed by atoms with Gasteiger partial charge in [0, 0.05) is 4.90 Å². The number of carboxylic acids is 1. The topological polar surface area (TPSA) is 37.3 Å². The Morgan fingerprint density at radius 1 is 1.16 bits per heavy atom. The second-order valence-corrected chi connectivity index (χ2v) is 6.55. The number of hydrogen-bond donors (Lipinski definition) is 2. The Kier molecular flexibility index (Phi) is 3.34. The third-order valence-electron chi connectivity index (χ3n) is 5.00. The predicted octanol–water partition coefficient (Wildman–Crippen LogP) is 3.90. The number of carbonyl (C=O) groups is 1. The van der Waals surface area contributed by atoms with Crippen LogP contribution in [0.4, 0.5) is 0 Å². The number of benzene rings is 1. The summed E-state index contributed by atoms with van der Waals surface area (Å²) >= 11 is 4.28. The first-order valence-electron chi connectivity index (χ1n) is 7.17. The molecule has 0 spiro atoms. The molecule has 1 aromatic carbocycles. The second-order valence-electron chi connectivity index (χ2n) is 6.03. The van der Waals surface area contributed by atoms with E-state index in [1.165, 1.54) is 32.1 Å². The van der Waals surface area contributed by atoms with Gasteiger partial charge in [0.05, 0.1) is 5.41 Å². The Bertz CT molecular complexity index is 476. The van der Waals surface area contributed by atoms with Gasteiger partial charge in [0.15, 0.2) is 0 Å². The highest BCUT2D eigenvalue weighted by molar-refractivity contribution is 7.80. The SMILES string of the molecule is O=C(O)[C@]1(c2ccc(S)cc2)C[C@H]1C1CCCCC1. The van der Waals surface area contributed by atoms with E-state index in [1.54, 1.807) is 0 Å². The van der Waals surface area contributed by atoms with E-state index in [0.29, 0.717) is 11.8 Å². The quantitative estimate of drug-likeness (QED) is 0.822. The molecule has 2 nitrogen and oxygen atoms in total. The van der Waals surface area contributed by atoms with Crippen LogP contribution in [0.15, 0.2) is 29.2 Å². The summed E-state index contributed by atoms with van der Waals surface area (Å²) < 4.78 is 0. The van der Waals surface area contributed by atoms with Crippen molar-refractivity contribution in [2.45, 2.75) is 48.8 Å². The van der Waals surface area contributed by atoms with Crippen molar-refractivity contribution in [3.05, 3.63) is 29.8 Å². The zero-order chi connectivity index (χ0) is 13.5. The van der Waals surface area contributed by atoms with Gasteiger partial charge in [0.25, 0.3) is 0 Å². The van der Waals surface area contributed by atoms with E-state index < -0.39 is 11.4 Å². The average molecular weight is 276 g/mol. The molecular formula is C16H20O2S. The Hall–Kier alpha value is -0.960. The molecule has 0 aliphatic heterocycles. The molecule has 0 aromatic heterocycles. The normalized spacial score (nSPS) is 31.1. The van der Waals surface area contributed by atoms with Crippen molar-refractivity contribution in [1.82, 2.24) is 0 Å². The lowest BCUT2D eigenvalue weighted by Gasteiger charge is -2.24. The molecule has 2 aliphatic rings. The summed E-state index contributed by atoms with van der Waals surface area (Å²) in [6.45, 7) is 0. The first-order valence-corrected chi connectivity index (χ1v) is 7.62. The van der Waals surface area contributed by atoms with E-state index in [1.807, 2.05) is 24.3 Å². The molecule has 2 saturated carbocycles. The molecule has 3 rings (SSSR count). The Morgan fingerprint density at radius 3 is 2.37 bits per heavy atom. The lowest BCUT2D eigenvalue weighted by Crippen LogP contribution is -2.26. The second kappa shape index (κ2) is 4.86. The molecule has 2 aliphatic carbocycles. The summed E-state index contributed by atoms with van der Waals surface area (Å²) in [5.41, 5.74) is 0.358. The van der Waals surface area contributed by atoms with Crippen molar-refractivity contribution in [1.29, 1.82) is 0 Å². The van der Waals surface area contributed by atoms with Crippen LogP contribution in [-0.2, 0) is 10.2 Å². The van der Waals surface area contributed by atoms with Gasteiger partial charge in [-0.25, -0.2) is 0 Å². The summed E-state index contributed by atoms with van der Waals surface area (Å²) in [6.07, 6.45) is 7.10. The zero-order valence-electron chi connectivity index (χ0n) is 11.0. The third-order valence-corrected chi connectivity index (χ3v) is 5.30. The highest BCUT2D eigenvalue weighted by atomic mass is 32.1. The Labute approximate surface area is 119 Å². The van der Waals surface area contributed by atoms with E-state index in [0.717, 1.165) is 16.9 Å². The fourth-order valence-corrected chi connectivity index (χ4v) is 4.00. The lowest BCUT2D eigenvalue weighted by atomic mass is 9.80. The molecular weight excluding hydrogens is 256 g/mol. The van der Waals surface area contributed by atoms with Crippen LogP contribution in [0.1, 0.15) is 44.1 Å². The van der Waals surface area contributed by atoms with Crippen LogP contribution in [-0.4, -0.2) is 11.1 Å². The Morgan fingerprint density at radius 2 is 1.79 bits per heavy atom. The highest BCUT2D eigenvalue weighted by Crippen LogP contribution is 2.60. The van der Waals surface area contributed by atoms with Gasteiger partial charge < -0.3 is 5.11 Å². The molecule has 1 aromatic rings. The van der Waals surface area contributed by atoms with E-state index >= 15 is 0 Å². The van der Waals surface area contributed by atoms with Crippen LogP contribution in [0.5, 0.6) is 0 Å². The van der Waals surface area contributed by atoms with Crippen molar-refractivity contribution in [2.24, 2.45) is 11.8 Å². The van der Waals surface area contributed by atoms with Crippen molar-refractivity contribution >= 4 is 18.6 Å². The molecule has 0 saturated heterocycles. The third kappa shape index (κ3) is 2.18. The molecule has 1 N–H and O–H groups in total. The van der Waals surface area contributed by atoms with Gasteiger partial charge in [-0.15, -0.1) is 12.6 Å². The van der Waals surface area contributed by atoms with Gasteiger partial charge in [-0.3, -0.25) is 4.79 Å². The first kappa shape index (κ1) is 13.0. The largest absolute Gasteiger partial charge is 0.481 e. The van der Waals surface area contributed by atoms with Gasteiger partial charge in [-0.05, 0) is 36.0 Å². The fourth-order valence-electron chi connectivity index (χ4n) is 3.85. The summed E-state index contributed by atoms with van der Waals surface area (Å²) in [5.74, 6) is 0.312. The van der Waals surface area contributed by atoms with E-state index in [2.05, 4.69) is 12.6 Å². The van der Waals surface area contributed by atoms with Crippen LogP contribution in [0.25, 0.3) is 0 Å². The predicted molar refractivity (Wildman–Crippen MR) is 77.7 cm³/mol. The molecule has 0 unspecified atom stereocenters. The number of rotatable bonds is 3. The molecule has 102 valence electrons. The molecule has 3 heteroatoms. The van der Waals surface area contributed by atoms with Crippen LogP contribution in [0.3, 0.4) is 0 Å². The van der Waals surface area contributed by atoms with Crippen LogP contribution in [0, 0.1) is 11.8 Å². The maximum Gasteiger partial charge on any atom is 0.314 e. The first-order chi connectivity index (χ1) is 9.14. The summed E-state index contributed by atoms with van der Waals surface area (Å²) in [7, 11) is 0.